The molecule has 1 rings (SSSR count). The van der Waals surface area contributed by atoms with Crippen molar-refractivity contribution in [1.29, 1.82) is 0 Å². The molecule has 114 valence electrons. The lowest BCUT2D eigenvalue weighted by Crippen LogP contribution is -2.38. The van der Waals surface area contributed by atoms with E-state index in [-0.39, 0.29) is 5.54 Å². The van der Waals surface area contributed by atoms with Gasteiger partial charge in [0, 0.05) is 30.9 Å². The Morgan fingerprint density at radius 1 is 1.20 bits per heavy atom. The van der Waals surface area contributed by atoms with Crippen LogP contribution in [0.1, 0.15) is 54.0 Å². The summed E-state index contributed by atoms with van der Waals surface area (Å²) >= 11 is 0. The van der Waals surface area contributed by atoms with Gasteiger partial charge in [-0.1, -0.05) is 13.8 Å². The zero-order valence-corrected chi connectivity index (χ0v) is 14.2. The number of rotatable bonds is 6. The lowest BCUT2D eigenvalue weighted by atomic mass is 10.1. The third-order valence-corrected chi connectivity index (χ3v) is 3.19. The van der Waals surface area contributed by atoms with Gasteiger partial charge in [0.2, 0.25) is 0 Å². The van der Waals surface area contributed by atoms with Gasteiger partial charge in [0.05, 0.1) is 11.9 Å². The molecule has 0 aliphatic rings. The maximum Gasteiger partial charge on any atom is 0.0600 e. The number of pyridine rings is 1. The molecule has 3 nitrogen and oxygen atoms in total. The zero-order valence-electron chi connectivity index (χ0n) is 14.2. The third kappa shape index (κ3) is 5.49. The molecular weight excluding hydrogens is 246 g/mol. The number of hydrogen-bond acceptors (Lipinski definition) is 3. The number of anilines is 1. The van der Waals surface area contributed by atoms with Crippen LogP contribution >= 0.6 is 0 Å². The van der Waals surface area contributed by atoms with Crippen molar-refractivity contribution in [3.05, 3.63) is 24.0 Å². The van der Waals surface area contributed by atoms with Crippen molar-refractivity contribution in [3.8, 4) is 0 Å². The predicted octanol–water partition coefficient (Wildman–Crippen LogP) is 3.84. The molecule has 0 saturated carbocycles. The minimum atomic E-state index is 0.126. The second-order valence-electron chi connectivity index (χ2n) is 7.25. The largest absolute Gasteiger partial charge is 0.367 e. The highest BCUT2D eigenvalue weighted by Gasteiger charge is 2.17. The van der Waals surface area contributed by atoms with Gasteiger partial charge in [-0.05, 0) is 52.2 Å². The van der Waals surface area contributed by atoms with E-state index in [0.717, 1.165) is 13.1 Å². The van der Waals surface area contributed by atoms with Crippen molar-refractivity contribution in [3.63, 3.8) is 0 Å². The molecular formula is C17H31N3. The Bertz CT molecular complexity index is 405. The Morgan fingerprint density at radius 3 is 2.35 bits per heavy atom. The zero-order chi connectivity index (χ0) is 15.3. The Kier molecular flexibility index (Phi) is 6.00. The Balaban J connectivity index is 2.97. The van der Waals surface area contributed by atoms with Gasteiger partial charge in [-0.2, -0.15) is 0 Å². The van der Waals surface area contributed by atoms with E-state index in [1.54, 1.807) is 0 Å². The highest BCUT2D eigenvalue weighted by molar-refractivity contribution is 5.52. The van der Waals surface area contributed by atoms with Crippen molar-refractivity contribution in [2.45, 2.75) is 66.6 Å². The number of hydrogen-bond donors (Lipinski definition) is 1. The fraction of sp³-hybridized carbons (Fsp3) is 0.706. The van der Waals surface area contributed by atoms with Gasteiger partial charge in [0.15, 0.2) is 0 Å². The summed E-state index contributed by atoms with van der Waals surface area (Å²) in [6.45, 7) is 17.5. The van der Waals surface area contributed by atoms with E-state index in [2.05, 4.69) is 69.7 Å². The summed E-state index contributed by atoms with van der Waals surface area (Å²) in [5.74, 6) is 0.640. The SMILES string of the molecule is CC(C)CN(c1cnccc1CNC(C)(C)C)C(C)C. The minimum Gasteiger partial charge on any atom is -0.367 e. The van der Waals surface area contributed by atoms with Crippen LogP contribution in [0.15, 0.2) is 18.5 Å². The molecule has 0 atom stereocenters. The average molecular weight is 277 g/mol. The molecule has 0 amide bonds. The second kappa shape index (κ2) is 7.07. The molecule has 1 N–H and O–H groups in total. The quantitative estimate of drug-likeness (QED) is 0.856. The first-order valence-electron chi connectivity index (χ1n) is 7.65. The number of nitrogens with one attached hydrogen (secondary N) is 1. The van der Waals surface area contributed by atoms with Crippen LogP contribution in [0, 0.1) is 5.92 Å². The molecule has 0 saturated heterocycles. The summed E-state index contributed by atoms with van der Waals surface area (Å²) in [6, 6.07) is 2.61. The highest BCUT2D eigenvalue weighted by atomic mass is 15.2. The van der Waals surface area contributed by atoms with Gasteiger partial charge in [-0.25, -0.2) is 0 Å². The van der Waals surface area contributed by atoms with E-state index >= 15 is 0 Å². The fourth-order valence-corrected chi connectivity index (χ4v) is 2.16. The molecule has 0 fully saturated rings. The van der Waals surface area contributed by atoms with Crippen LogP contribution in [0.25, 0.3) is 0 Å². The summed E-state index contributed by atoms with van der Waals surface area (Å²) in [7, 11) is 0. The summed E-state index contributed by atoms with van der Waals surface area (Å²) in [6.07, 6.45) is 3.89. The molecule has 20 heavy (non-hydrogen) atoms. The second-order valence-corrected chi connectivity index (χ2v) is 7.25. The van der Waals surface area contributed by atoms with Crippen LogP contribution in [0.2, 0.25) is 0 Å². The van der Waals surface area contributed by atoms with E-state index in [4.69, 9.17) is 0 Å². The molecule has 0 aromatic carbocycles. The van der Waals surface area contributed by atoms with Gasteiger partial charge in [-0.15, -0.1) is 0 Å². The van der Waals surface area contributed by atoms with Crippen molar-refractivity contribution in [2.75, 3.05) is 11.4 Å². The molecule has 0 aliphatic heterocycles. The summed E-state index contributed by atoms with van der Waals surface area (Å²) in [5, 5.41) is 3.57. The van der Waals surface area contributed by atoms with E-state index in [1.807, 2.05) is 12.4 Å². The standard InChI is InChI=1S/C17H31N3/c1-13(2)12-20(14(3)4)16-11-18-9-8-15(16)10-19-17(5,6)7/h8-9,11,13-14,19H,10,12H2,1-7H3. The predicted molar refractivity (Wildman–Crippen MR) is 88.1 cm³/mol. The summed E-state index contributed by atoms with van der Waals surface area (Å²) in [5.41, 5.74) is 2.71. The molecule has 0 spiro atoms. The first-order chi connectivity index (χ1) is 9.20. The Morgan fingerprint density at radius 2 is 1.85 bits per heavy atom. The highest BCUT2D eigenvalue weighted by Crippen LogP contribution is 2.23. The van der Waals surface area contributed by atoms with E-state index in [1.165, 1.54) is 11.3 Å². The third-order valence-electron chi connectivity index (χ3n) is 3.19. The average Bonchev–Trinajstić information content (AvgIpc) is 2.32. The van der Waals surface area contributed by atoms with Gasteiger partial charge in [-0.3, -0.25) is 4.98 Å². The molecule has 1 aromatic rings. The summed E-state index contributed by atoms with van der Waals surface area (Å²) in [4.78, 5) is 6.79. The van der Waals surface area contributed by atoms with Gasteiger partial charge >= 0.3 is 0 Å². The van der Waals surface area contributed by atoms with Crippen LogP contribution in [0.3, 0.4) is 0 Å². The van der Waals surface area contributed by atoms with Crippen molar-refractivity contribution in [1.82, 2.24) is 10.3 Å². The lowest BCUT2D eigenvalue weighted by Gasteiger charge is -2.33. The van der Waals surface area contributed by atoms with E-state index in [0.29, 0.717) is 12.0 Å². The minimum absolute atomic E-state index is 0.126. The van der Waals surface area contributed by atoms with Crippen molar-refractivity contribution in [2.24, 2.45) is 5.92 Å². The molecule has 0 aliphatic carbocycles. The van der Waals surface area contributed by atoms with Gasteiger partial charge < -0.3 is 10.2 Å². The number of aromatic nitrogens is 1. The first-order valence-corrected chi connectivity index (χ1v) is 7.65. The van der Waals surface area contributed by atoms with Crippen LogP contribution in [0.4, 0.5) is 5.69 Å². The van der Waals surface area contributed by atoms with Crippen molar-refractivity contribution >= 4 is 5.69 Å². The van der Waals surface area contributed by atoms with E-state index < -0.39 is 0 Å². The van der Waals surface area contributed by atoms with Crippen LogP contribution in [-0.4, -0.2) is 23.1 Å². The Hall–Kier alpha value is -1.09. The topological polar surface area (TPSA) is 28.2 Å². The maximum atomic E-state index is 4.33. The molecule has 0 bridgehead atoms. The van der Waals surface area contributed by atoms with Gasteiger partial charge in [0.1, 0.15) is 0 Å². The summed E-state index contributed by atoms with van der Waals surface area (Å²) < 4.78 is 0. The first kappa shape index (κ1) is 17.0. The lowest BCUT2D eigenvalue weighted by molar-refractivity contribution is 0.423. The molecule has 1 aromatic heterocycles. The van der Waals surface area contributed by atoms with E-state index in [9.17, 15) is 0 Å². The maximum absolute atomic E-state index is 4.33. The normalized spacial score (nSPS) is 12.2. The molecule has 1 heterocycles. The molecule has 0 unspecified atom stereocenters. The molecule has 0 radical (unpaired) electrons. The van der Waals surface area contributed by atoms with Crippen LogP contribution in [0.5, 0.6) is 0 Å². The number of nitrogens with zero attached hydrogens (tertiary/aromatic N) is 2. The smallest absolute Gasteiger partial charge is 0.0600 e. The van der Waals surface area contributed by atoms with Crippen LogP contribution in [-0.2, 0) is 6.54 Å². The molecule has 3 heteroatoms. The van der Waals surface area contributed by atoms with Crippen molar-refractivity contribution < 1.29 is 0 Å². The monoisotopic (exact) mass is 277 g/mol. The van der Waals surface area contributed by atoms with Crippen LogP contribution < -0.4 is 10.2 Å². The van der Waals surface area contributed by atoms with Gasteiger partial charge in [0.25, 0.3) is 0 Å². The Labute approximate surface area is 124 Å². The fourth-order valence-electron chi connectivity index (χ4n) is 2.16.